The van der Waals surface area contributed by atoms with Crippen LogP contribution >= 0.6 is 0 Å². The Bertz CT molecular complexity index is 690. The zero-order chi connectivity index (χ0) is 17.5. The molecule has 1 aliphatic heterocycles. The van der Waals surface area contributed by atoms with E-state index in [4.69, 9.17) is 4.74 Å². The summed E-state index contributed by atoms with van der Waals surface area (Å²) in [4.78, 5) is 14.4. The fraction of sp³-hybridized carbons (Fsp3) is 0.350. The number of nitrogens with one attached hydrogen (secondary N) is 1. The highest BCUT2D eigenvalue weighted by Crippen LogP contribution is 2.12. The second kappa shape index (κ2) is 8.65. The van der Waals surface area contributed by atoms with Crippen molar-refractivity contribution in [3.8, 4) is 5.75 Å². The minimum Gasteiger partial charge on any atom is -0.508 e. The van der Waals surface area contributed by atoms with Gasteiger partial charge in [0.15, 0.2) is 0 Å². The number of carbonyl (C=O) groups excluding carboxylic acids is 1. The molecule has 1 fully saturated rings. The predicted molar refractivity (Wildman–Crippen MR) is 96.3 cm³/mol. The average molecular weight is 340 g/mol. The Hall–Kier alpha value is -2.37. The summed E-state index contributed by atoms with van der Waals surface area (Å²) in [5.41, 5.74) is 2.09. The zero-order valence-corrected chi connectivity index (χ0v) is 14.2. The number of hydrogen-bond donors (Lipinski definition) is 2. The molecular formula is C20H24N2O3. The number of rotatable bonds is 6. The number of morpholine rings is 1. The zero-order valence-electron chi connectivity index (χ0n) is 14.2. The van der Waals surface area contributed by atoms with Crippen LogP contribution in [-0.2, 0) is 22.5 Å². The van der Waals surface area contributed by atoms with Gasteiger partial charge in [0.1, 0.15) is 5.75 Å². The Balaban J connectivity index is 1.44. The molecule has 1 atom stereocenters. The molecule has 1 unspecified atom stereocenters. The van der Waals surface area contributed by atoms with Crippen LogP contribution in [0, 0.1) is 0 Å². The van der Waals surface area contributed by atoms with Crippen LogP contribution in [0.4, 0.5) is 0 Å². The van der Waals surface area contributed by atoms with Crippen LogP contribution in [-0.4, -0.2) is 48.3 Å². The Morgan fingerprint density at radius 1 is 1.16 bits per heavy atom. The molecule has 0 radical (unpaired) electrons. The maximum absolute atomic E-state index is 12.1. The molecule has 0 spiro atoms. The largest absolute Gasteiger partial charge is 0.508 e. The molecule has 2 aromatic rings. The van der Waals surface area contributed by atoms with E-state index in [1.54, 1.807) is 18.2 Å². The third-order valence-corrected chi connectivity index (χ3v) is 4.27. The van der Waals surface area contributed by atoms with Crippen LogP contribution in [0.2, 0.25) is 0 Å². The van der Waals surface area contributed by atoms with Gasteiger partial charge in [-0.25, -0.2) is 0 Å². The number of phenols is 1. The van der Waals surface area contributed by atoms with Crippen molar-refractivity contribution in [3.63, 3.8) is 0 Å². The lowest BCUT2D eigenvalue weighted by atomic mass is 10.1. The van der Waals surface area contributed by atoms with Gasteiger partial charge in [0.05, 0.1) is 19.1 Å². The number of carbonyl (C=O) groups is 1. The molecule has 5 heteroatoms. The molecule has 25 heavy (non-hydrogen) atoms. The topological polar surface area (TPSA) is 61.8 Å². The quantitative estimate of drug-likeness (QED) is 0.844. The molecule has 132 valence electrons. The number of nitrogens with zero attached hydrogens (tertiary/aromatic N) is 1. The first kappa shape index (κ1) is 17.5. The molecule has 0 aromatic heterocycles. The second-order valence-corrected chi connectivity index (χ2v) is 6.36. The molecule has 0 bridgehead atoms. The monoisotopic (exact) mass is 340 g/mol. The van der Waals surface area contributed by atoms with Gasteiger partial charge in [-0.2, -0.15) is 0 Å². The van der Waals surface area contributed by atoms with Crippen LogP contribution in [0.3, 0.4) is 0 Å². The number of ether oxygens (including phenoxy) is 1. The van der Waals surface area contributed by atoms with Crippen LogP contribution in [0.25, 0.3) is 0 Å². The molecule has 0 saturated carbocycles. The number of benzene rings is 2. The Morgan fingerprint density at radius 3 is 2.76 bits per heavy atom. The maximum atomic E-state index is 12.1. The van der Waals surface area contributed by atoms with E-state index in [1.807, 2.05) is 12.1 Å². The van der Waals surface area contributed by atoms with E-state index in [2.05, 4.69) is 34.5 Å². The van der Waals surface area contributed by atoms with Crippen LogP contribution in [0.1, 0.15) is 11.1 Å². The van der Waals surface area contributed by atoms with Crippen LogP contribution in [0.5, 0.6) is 5.75 Å². The second-order valence-electron chi connectivity index (χ2n) is 6.36. The van der Waals surface area contributed by atoms with Crippen molar-refractivity contribution in [1.82, 2.24) is 10.2 Å². The van der Waals surface area contributed by atoms with E-state index < -0.39 is 0 Å². The molecule has 0 aliphatic carbocycles. The number of phenolic OH excluding ortho intramolecular Hbond substituents is 1. The Morgan fingerprint density at radius 2 is 1.96 bits per heavy atom. The fourth-order valence-corrected chi connectivity index (χ4v) is 3.03. The van der Waals surface area contributed by atoms with Crippen molar-refractivity contribution >= 4 is 5.91 Å². The summed E-state index contributed by atoms with van der Waals surface area (Å²) >= 11 is 0. The van der Waals surface area contributed by atoms with Gasteiger partial charge in [-0.05, 0) is 23.3 Å². The third kappa shape index (κ3) is 5.59. The predicted octanol–water partition coefficient (Wildman–Crippen LogP) is 1.95. The molecular weight excluding hydrogens is 316 g/mol. The first-order valence-corrected chi connectivity index (χ1v) is 8.61. The van der Waals surface area contributed by atoms with Crippen LogP contribution < -0.4 is 5.32 Å². The smallest absolute Gasteiger partial charge is 0.224 e. The maximum Gasteiger partial charge on any atom is 0.224 e. The van der Waals surface area contributed by atoms with E-state index in [-0.39, 0.29) is 24.2 Å². The van der Waals surface area contributed by atoms with Gasteiger partial charge in [0, 0.05) is 26.2 Å². The van der Waals surface area contributed by atoms with Gasteiger partial charge >= 0.3 is 0 Å². The molecule has 2 aromatic carbocycles. The van der Waals surface area contributed by atoms with E-state index in [1.165, 1.54) is 5.56 Å². The normalized spacial score (nSPS) is 18.0. The molecule has 5 nitrogen and oxygen atoms in total. The lowest BCUT2D eigenvalue weighted by Gasteiger charge is -2.33. The van der Waals surface area contributed by atoms with Crippen molar-refractivity contribution in [2.75, 3.05) is 26.2 Å². The molecule has 1 amide bonds. The molecule has 1 aliphatic rings. The summed E-state index contributed by atoms with van der Waals surface area (Å²) in [6.45, 7) is 3.80. The number of hydrogen-bond acceptors (Lipinski definition) is 4. The van der Waals surface area contributed by atoms with Gasteiger partial charge in [0.2, 0.25) is 5.91 Å². The summed E-state index contributed by atoms with van der Waals surface area (Å²) < 4.78 is 5.77. The molecule has 2 N–H and O–H groups in total. The molecule has 1 saturated heterocycles. The van der Waals surface area contributed by atoms with Crippen molar-refractivity contribution < 1.29 is 14.6 Å². The molecule has 1 heterocycles. The SMILES string of the molecule is O=C(Cc1cccc(O)c1)NCC1CN(Cc2ccccc2)CCO1. The van der Waals surface area contributed by atoms with Gasteiger partial charge < -0.3 is 15.2 Å². The highest BCUT2D eigenvalue weighted by Gasteiger charge is 2.21. The van der Waals surface area contributed by atoms with Gasteiger partial charge in [-0.15, -0.1) is 0 Å². The fourth-order valence-electron chi connectivity index (χ4n) is 3.03. The number of amides is 1. The summed E-state index contributed by atoms with van der Waals surface area (Å²) in [6, 6.07) is 17.2. The van der Waals surface area contributed by atoms with Crippen LogP contribution in [0.15, 0.2) is 54.6 Å². The average Bonchev–Trinajstić information content (AvgIpc) is 2.61. The van der Waals surface area contributed by atoms with Crippen molar-refractivity contribution in [1.29, 1.82) is 0 Å². The standard InChI is InChI=1S/C20H24N2O3/c23-18-8-4-7-17(11-18)12-20(24)21-13-19-15-22(9-10-25-19)14-16-5-2-1-3-6-16/h1-8,11,19,23H,9-10,12-15H2,(H,21,24). The summed E-state index contributed by atoms with van der Waals surface area (Å²) in [7, 11) is 0. The minimum atomic E-state index is -0.0608. The van der Waals surface area contributed by atoms with Gasteiger partial charge in [-0.1, -0.05) is 42.5 Å². The van der Waals surface area contributed by atoms with E-state index in [0.29, 0.717) is 13.2 Å². The highest BCUT2D eigenvalue weighted by molar-refractivity contribution is 5.78. The number of aromatic hydroxyl groups is 1. The Kier molecular flexibility index (Phi) is 6.04. The van der Waals surface area contributed by atoms with E-state index in [9.17, 15) is 9.90 Å². The van der Waals surface area contributed by atoms with Gasteiger partial charge in [0.25, 0.3) is 0 Å². The lowest BCUT2D eigenvalue weighted by Crippen LogP contribution is -2.47. The summed E-state index contributed by atoms with van der Waals surface area (Å²) in [5.74, 6) is 0.117. The van der Waals surface area contributed by atoms with Crippen molar-refractivity contribution in [2.45, 2.75) is 19.1 Å². The first-order valence-electron chi connectivity index (χ1n) is 8.61. The summed E-state index contributed by atoms with van der Waals surface area (Å²) in [6.07, 6.45) is 0.264. The summed E-state index contributed by atoms with van der Waals surface area (Å²) in [5, 5.41) is 12.4. The molecule has 3 rings (SSSR count). The van der Waals surface area contributed by atoms with Crippen molar-refractivity contribution in [3.05, 3.63) is 65.7 Å². The van der Waals surface area contributed by atoms with Gasteiger partial charge in [-0.3, -0.25) is 9.69 Å². The van der Waals surface area contributed by atoms with Crippen molar-refractivity contribution in [2.24, 2.45) is 0 Å². The lowest BCUT2D eigenvalue weighted by molar-refractivity contribution is -0.121. The van der Waals surface area contributed by atoms with E-state index >= 15 is 0 Å². The first-order chi connectivity index (χ1) is 12.2. The minimum absolute atomic E-state index is 0.00517. The highest BCUT2D eigenvalue weighted by atomic mass is 16.5. The third-order valence-electron chi connectivity index (χ3n) is 4.27. The Labute approximate surface area is 148 Å². The van der Waals surface area contributed by atoms with E-state index in [0.717, 1.165) is 25.2 Å².